The number of ether oxygens (including phenoxy) is 1. The van der Waals surface area contributed by atoms with E-state index in [1.807, 2.05) is 36.4 Å². The molecule has 8 heteroatoms. The van der Waals surface area contributed by atoms with Crippen LogP contribution in [-0.2, 0) is 16.2 Å². The predicted molar refractivity (Wildman–Crippen MR) is 142 cm³/mol. The quantitative estimate of drug-likeness (QED) is 0.181. The Morgan fingerprint density at radius 1 is 1.03 bits per heavy atom. The van der Waals surface area contributed by atoms with Gasteiger partial charge in [-0.1, -0.05) is 42.0 Å². The van der Waals surface area contributed by atoms with E-state index in [9.17, 15) is 9.59 Å². The summed E-state index contributed by atoms with van der Waals surface area (Å²) in [4.78, 5) is 26.2. The van der Waals surface area contributed by atoms with Crippen molar-refractivity contribution in [2.24, 2.45) is 40.6 Å². The van der Waals surface area contributed by atoms with E-state index in [0.29, 0.717) is 23.5 Å². The third-order valence-electron chi connectivity index (χ3n) is 7.31. The van der Waals surface area contributed by atoms with Gasteiger partial charge in [0, 0.05) is 10.6 Å². The van der Waals surface area contributed by atoms with Gasteiger partial charge in [-0.15, -0.1) is 0 Å². The van der Waals surface area contributed by atoms with Gasteiger partial charge in [0.2, 0.25) is 0 Å². The number of amides is 2. The average Bonchev–Trinajstić information content (AvgIpc) is 3.57. The van der Waals surface area contributed by atoms with E-state index in [2.05, 4.69) is 62.4 Å². The number of allylic oxidation sites excluding steroid dienone is 2. The van der Waals surface area contributed by atoms with Crippen molar-refractivity contribution in [1.82, 2.24) is 5.01 Å². The molecule has 2 aromatic carbocycles. The number of benzene rings is 2. The van der Waals surface area contributed by atoms with Crippen LogP contribution in [0.5, 0.6) is 5.75 Å². The minimum absolute atomic E-state index is 0.143. The normalized spacial score (nSPS) is 31.3. The molecule has 2 amide bonds. The molecule has 33 heavy (non-hydrogen) atoms. The zero-order valence-electron chi connectivity index (χ0n) is 17.3. The second-order valence-corrected chi connectivity index (χ2v) is 11.8. The fraction of sp³-hybridized carbons (Fsp3) is 0.320. The first-order valence-corrected chi connectivity index (χ1v) is 13.4. The van der Waals surface area contributed by atoms with Crippen molar-refractivity contribution in [3.63, 3.8) is 0 Å². The predicted octanol–water partition coefficient (Wildman–Crippen LogP) is 5.52. The van der Waals surface area contributed by atoms with Crippen molar-refractivity contribution in [3.8, 4) is 5.75 Å². The molecule has 0 N–H and O–H groups in total. The van der Waals surface area contributed by atoms with Gasteiger partial charge in [-0.2, -0.15) is 10.1 Å². The van der Waals surface area contributed by atoms with E-state index < -0.39 is 0 Å². The summed E-state index contributed by atoms with van der Waals surface area (Å²) < 4.78 is 7.88. The van der Waals surface area contributed by atoms with E-state index in [-0.39, 0.29) is 35.5 Å². The van der Waals surface area contributed by atoms with Crippen LogP contribution in [0.4, 0.5) is 0 Å². The molecule has 1 aliphatic heterocycles. The van der Waals surface area contributed by atoms with Crippen LogP contribution in [0.25, 0.3) is 0 Å². The molecular formula is C25H19ClI2N2O3. The first-order chi connectivity index (χ1) is 15.9. The number of nitrogens with zero attached hydrogens (tertiary/aromatic N) is 2. The van der Waals surface area contributed by atoms with Crippen LogP contribution in [0.1, 0.15) is 17.5 Å². The molecule has 0 spiro atoms. The topological polar surface area (TPSA) is 59.0 Å². The third kappa shape index (κ3) is 3.65. The van der Waals surface area contributed by atoms with Crippen LogP contribution in [0.2, 0.25) is 5.02 Å². The molecule has 0 aromatic heterocycles. The minimum atomic E-state index is -0.228. The molecule has 2 aromatic rings. The monoisotopic (exact) mass is 684 g/mol. The summed E-state index contributed by atoms with van der Waals surface area (Å²) in [5.41, 5.74) is 1.73. The summed E-state index contributed by atoms with van der Waals surface area (Å²) in [6.07, 6.45) is 7.10. The average molecular weight is 685 g/mol. The second-order valence-electron chi connectivity index (χ2n) is 9.08. The number of rotatable bonds is 5. The Kier molecular flexibility index (Phi) is 5.57. The molecule has 3 fully saturated rings. The van der Waals surface area contributed by atoms with Gasteiger partial charge < -0.3 is 4.74 Å². The highest BCUT2D eigenvalue weighted by molar-refractivity contribution is 14.1. The van der Waals surface area contributed by atoms with Crippen molar-refractivity contribution in [3.05, 3.63) is 71.8 Å². The van der Waals surface area contributed by atoms with E-state index in [4.69, 9.17) is 16.3 Å². The summed E-state index contributed by atoms with van der Waals surface area (Å²) in [5, 5.41) is 6.14. The Labute approximate surface area is 223 Å². The molecular weight excluding hydrogens is 666 g/mol. The molecule has 168 valence electrons. The molecule has 0 radical (unpaired) electrons. The standard InChI is InChI=1S/C25H19ClI2N2O3/c26-18-4-2-1-3-13(18)11-33-23-19(27)7-12(8-20(23)28)10-29-30-24(31)21-14-5-6-15(17-9-16(14)17)22(21)25(30)32/h1-8,10,14-17,21-22H,9,11H2/t14-,15-,16-,17+,21-,22+/m0/s1. The molecule has 2 saturated carbocycles. The molecule has 6 atom stereocenters. The maximum absolute atomic E-state index is 13.1. The third-order valence-corrected chi connectivity index (χ3v) is 9.28. The van der Waals surface area contributed by atoms with E-state index >= 15 is 0 Å². The lowest BCUT2D eigenvalue weighted by Gasteiger charge is -2.37. The number of carbonyl (C=O) groups excluding carboxylic acids is 2. The first kappa shape index (κ1) is 22.0. The fourth-order valence-corrected chi connectivity index (χ4v) is 8.05. The number of halogens is 3. The summed E-state index contributed by atoms with van der Waals surface area (Å²) in [6.45, 7) is 0.372. The summed E-state index contributed by atoms with van der Waals surface area (Å²) in [5.74, 6) is 1.62. The summed E-state index contributed by atoms with van der Waals surface area (Å²) in [6, 6.07) is 11.5. The van der Waals surface area contributed by atoms with Gasteiger partial charge in [0.05, 0.1) is 25.2 Å². The Balaban J connectivity index is 1.19. The van der Waals surface area contributed by atoms with Gasteiger partial charge in [-0.05, 0) is 99.0 Å². The number of hydrogen-bond acceptors (Lipinski definition) is 4. The lowest BCUT2D eigenvalue weighted by atomic mass is 9.63. The van der Waals surface area contributed by atoms with Crippen LogP contribution < -0.4 is 4.74 Å². The fourth-order valence-electron chi connectivity index (χ4n) is 5.74. The Hall–Kier alpha value is -1.46. The van der Waals surface area contributed by atoms with Crippen molar-refractivity contribution in [2.45, 2.75) is 13.0 Å². The van der Waals surface area contributed by atoms with Gasteiger partial charge >= 0.3 is 0 Å². The van der Waals surface area contributed by atoms with Crippen LogP contribution in [0.3, 0.4) is 0 Å². The van der Waals surface area contributed by atoms with E-state index in [1.165, 1.54) is 0 Å². The summed E-state index contributed by atoms with van der Waals surface area (Å²) >= 11 is 10.7. The maximum atomic E-state index is 13.1. The Morgan fingerprint density at radius 3 is 2.24 bits per heavy atom. The van der Waals surface area contributed by atoms with Crippen molar-refractivity contribution in [1.29, 1.82) is 0 Å². The second kappa shape index (κ2) is 8.34. The lowest BCUT2D eigenvalue weighted by Crippen LogP contribution is -2.40. The highest BCUT2D eigenvalue weighted by Crippen LogP contribution is 2.65. The molecule has 1 heterocycles. The zero-order valence-corrected chi connectivity index (χ0v) is 22.4. The molecule has 5 nitrogen and oxygen atoms in total. The van der Waals surface area contributed by atoms with Gasteiger partial charge in [-0.3, -0.25) is 9.59 Å². The van der Waals surface area contributed by atoms with E-state index in [0.717, 1.165) is 35.4 Å². The minimum Gasteiger partial charge on any atom is -0.487 e. The van der Waals surface area contributed by atoms with E-state index in [1.54, 1.807) is 6.21 Å². The van der Waals surface area contributed by atoms with Gasteiger partial charge in [0.1, 0.15) is 12.4 Å². The number of carbonyl (C=O) groups is 2. The summed E-state index contributed by atoms with van der Waals surface area (Å²) in [7, 11) is 0. The van der Waals surface area contributed by atoms with Gasteiger partial charge in [-0.25, -0.2) is 0 Å². The van der Waals surface area contributed by atoms with Crippen LogP contribution >= 0.6 is 56.8 Å². The molecule has 4 aliphatic carbocycles. The highest BCUT2D eigenvalue weighted by Gasteiger charge is 2.67. The van der Waals surface area contributed by atoms with Crippen molar-refractivity contribution in [2.75, 3.05) is 0 Å². The Morgan fingerprint density at radius 2 is 1.64 bits per heavy atom. The number of hydrogen-bond donors (Lipinski definition) is 0. The molecule has 5 aliphatic rings. The van der Waals surface area contributed by atoms with Crippen LogP contribution in [-0.4, -0.2) is 23.0 Å². The van der Waals surface area contributed by atoms with Gasteiger partial charge in [0.25, 0.3) is 11.8 Å². The smallest absolute Gasteiger partial charge is 0.254 e. The molecule has 0 unspecified atom stereocenters. The molecule has 2 bridgehead atoms. The molecule has 1 saturated heterocycles. The van der Waals surface area contributed by atoms with Crippen LogP contribution in [0, 0.1) is 42.6 Å². The number of hydrazone groups is 1. The van der Waals surface area contributed by atoms with Crippen LogP contribution in [0.15, 0.2) is 53.7 Å². The molecule has 7 rings (SSSR count). The SMILES string of the molecule is O=C1[C@@H]2[C@H]3C=C[C@@H]([C@@H]4C[C@H]34)[C@@H]2C(=O)N1N=Cc1cc(I)c(OCc2ccccc2Cl)c(I)c1. The maximum Gasteiger partial charge on any atom is 0.254 e. The van der Waals surface area contributed by atoms with Crippen molar-refractivity contribution < 1.29 is 14.3 Å². The number of imide groups is 1. The largest absolute Gasteiger partial charge is 0.487 e. The first-order valence-electron chi connectivity index (χ1n) is 10.9. The highest BCUT2D eigenvalue weighted by atomic mass is 127. The van der Waals surface area contributed by atoms with Crippen molar-refractivity contribution >= 4 is 74.8 Å². The Bertz CT molecular complexity index is 1190. The zero-order chi connectivity index (χ0) is 22.9. The van der Waals surface area contributed by atoms with Gasteiger partial charge in [0.15, 0.2) is 0 Å². The lowest BCUT2D eigenvalue weighted by molar-refractivity contribution is -0.140.